The fourth-order valence-electron chi connectivity index (χ4n) is 5.69. The van der Waals surface area contributed by atoms with Gasteiger partial charge in [-0.25, -0.2) is 9.37 Å². The molecule has 1 aromatic heterocycles. The minimum absolute atomic E-state index is 0.0388. The predicted octanol–water partition coefficient (Wildman–Crippen LogP) is 1.81. The Labute approximate surface area is 233 Å². The molecule has 1 aromatic carbocycles. The maximum absolute atomic E-state index is 14.5. The van der Waals surface area contributed by atoms with Crippen LogP contribution in [0.4, 0.5) is 4.39 Å². The molecular formula is C29H36FN5O5. The molecule has 0 aliphatic carbocycles. The molecule has 5 heterocycles. The number of likely N-dealkylation sites (N-methyl/N-ethyl adjacent to an activating group) is 1. The molecule has 0 saturated carbocycles. The van der Waals surface area contributed by atoms with Crippen LogP contribution in [0, 0.1) is 11.7 Å². The van der Waals surface area contributed by atoms with Crippen molar-refractivity contribution < 1.29 is 28.2 Å². The molecule has 10 nitrogen and oxygen atoms in total. The third-order valence-corrected chi connectivity index (χ3v) is 7.90. The van der Waals surface area contributed by atoms with Crippen LogP contribution in [0.2, 0.25) is 0 Å². The summed E-state index contributed by atoms with van der Waals surface area (Å²) in [5, 5.41) is 3.02. The number of nitrogens with zero attached hydrogens (tertiary/aromatic N) is 4. The Bertz CT molecular complexity index is 1220. The fourth-order valence-corrected chi connectivity index (χ4v) is 5.69. The predicted molar refractivity (Wildman–Crippen MR) is 144 cm³/mol. The average Bonchev–Trinajstić information content (AvgIpc) is 3.33. The number of carbonyl (C=O) groups is 3. The summed E-state index contributed by atoms with van der Waals surface area (Å²) < 4.78 is 25.9. The third-order valence-electron chi connectivity index (χ3n) is 7.90. The van der Waals surface area contributed by atoms with E-state index in [9.17, 15) is 18.8 Å². The number of likely N-dealkylation sites (tertiary alicyclic amines) is 1. The minimum atomic E-state index is -0.550. The lowest BCUT2D eigenvalue weighted by atomic mass is 9.95. The number of nitrogens with one attached hydrogen (secondary N) is 1. The molecule has 4 aliphatic heterocycles. The normalized spacial score (nSPS) is 25.2. The van der Waals surface area contributed by atoms with E-state index in [-0.39, 0.29) is 66.8 Å². The number of benzene rings is 1. The van der Waals surface area contributed by atoms with Crippen molar-refractivity contribution in [1.29, 1.82) is 0 Å². The van der Waals surface area contributed by atoms with Crippen LogP contribution >= 0.6 is 0 Å². The van der Waals surface area contributed by atoms with Crippen LogP contribution in [0.15, 0.2) is 42.5 Å². The van der Waals surface area contributed by atoms with Gasteiger partial charge < -0.3 is 24.6 Å². The molecule has 1 N–H and O–H groups in total. The number of hydrogen-bond donors (Lipinski definition) is 1. The first-order chi connectivity index (χ1) is 19.4. The molecule has 6 rings (SSSR count). The number of piperidine rings is 1. The van der Waals surface area contributed by atoms with Crippen LogP contribution in [0.5, 0.6) is 5.88 Å². The first-order valence-corrected chi connectivity index (χ1v) is 13.9. The Morgan fingerprint density at radius 1 is 1.00 bits per heavy atom. The van der Waals surface area contributed by atoms with E-state index in [1.54, 1.807) is 35.2 Å². The summed E-state index contributed by atoms with van der Waals surface area (Å²) in [4.78, 5) is 49.5. The van der Waals surface area contributed by atoms with Gasteiger partial charge in [-0.1, -0.05) is 18.2 Å². The van der Waals surface area contributed by atoms with Gasteiger partial charge in [-0.3, -0.25) is 19.3 Å². The maximum Gasteiger partial charge on any atom is 0.270 e. The lowest BCUT2D eigenvalue weighted by molar-refractivity contribution is -0.137. The van der Waals surface area contributed by atoms with E-state index in [4.69, 9.17) is 9.47 Å². The van der Waals surface area contributed by atoms with Gasteiger partial charge in [0.2, 0.25) is 11.8 Å². The topological polar surface area (TPSA) is 104 Å². The minimum Gasteiger partial charge on any atom is -0.475 e. The number of fused-ring (bicyclic) bond motifs is 10. The van der Waals surface area contributed by atoms with E-state index in [1.165, 1.54) is 12.1 Å². The van der Waals surface area contributed by atoms with Gasteiger partial charge in [-0.15, -0.1) is 0 Å². The van der Waals surface area contributed by atoms with Gasteiger partial charge in [0, 0.05) is 44.8 Å². The molecule has 2 saturated heterocycles. The first kappa shape index (κ1) is 28.0. The van der Waals surface area contributed by atoms with Gasteiger partial charge in [-0.05, 0) is 50.4 Å². The Morgan fingerprint density at radius 3 is 2.60 bits per heavy atom. The van der Waals surface area contributed by atoms with Gasteiger partial charge >= 0.3 is 0 Å². The molecule has 4 aliphatic rings. The second-order valence-electron chi connectivity index (χ2n) is 10.7. The van der Waals surface area contributed by atoms with Crippen molar-refractivity contribution in [2.45, 2.75) is 31.3 Å². The van der Waals surface area contributed by atoms with E-state index < -0.39 is 5.82 Å². The number of amides is 3. The lowest BCUT2D eigenvalue weighted by Crippen LogP contribution is -2.49. The van der Waals surface area contributed by atoms with Crippen molar-refractivity contribution in [1.82, 2.24) is 25.0 Å². The standard InChI is InChI=1S/C29H36FN5O5/c1-33-19-21-17-25(33)29(38)34-11-9-20(10-12-34)18-35(28(37)22-5-2-3-6-23(22)30)13-14-39-15-16-40-26-8-4-7-24(32-26)27(36)31-21/h2-8,20-21,25H,9-19H2,1H3,(H,31,36)/t21-,25+/m1/s1. The second kappa shape index (κ2) is 12.7. The van der Waals surface area contributed by atoms with Gasteiger partial charge in [0.25, 0.3) is 11.8 Å². The number of hydrogen-bond acceptors (Lipinski definition) is 7. The summed E-state index contributed by atoms with van der Waals surface area (Å²) in [6.45, 7) is 3.25. The van der Waals surface area contributed by atoms with Crippen LogP contribution in [0.3, 0.4) is 0 Å². The highest BCUT2D eigenvalue weighted by molar-refractivity contribution is 5.94. The van der Waals surface area contributed by atoms with E-state index in [0.29, 0.717) is 45.0 Å². The summed E-state index contributed by atoms with van der Waals surface area (Å²) in [6.07, 6.45) is 2.03. The van der Waals surface area contributed by atoms with Crippen LogP contribution in [0.25, 0.3) is 0 Å². The largest absolute Gasteiger partial charge is 0.475 e. The number of ether oxygens (including phenoxy) is 2. The number of carbonyl (C=O) groups excluding carboxylic acids is 3. The zero-order valence-electron chi connectivity index (χ0n) is 22.8. The molecule has 0 radical (unpaired) electrons. The van der Waals surface area contributed by atoms with Crippen LogP contribution in [0.1, 0.15) is 40.1 Å². The number of halogens is 1. The number of rotatable bonds is 1. The van der Waals surface area contributed by atoms with Crippen molar-refractivity contribution in [3.8, 4) is 5.88 Å². The summed E-state index contributed by atoms with van der Waals surface area (Å²) in [7, 11) is 1.90. The molecule has 214 valence electrons. The van der Waals surface area contributed by atoms with Crippen LogP contribution in [-0.2, 0) is 9.53 Å². The average molecular weight is 554 g/mol. The van der Waals surface area contributed by atoms with Crippen molar-refractivity contribution in [2.24, 2.45) is 5.92 Å². The third kappa shape index (κ3) is 6.59. The zero-order chi connectivity index (χ0) is 28.1. The molecule has 3 amide bonds. The van der Waals surface area contributed by atoms with Gasteiger partial charge in [0.1, 0.15) is 18.1 Å². The van der Waals surface area contributed by atoms with Gasteiger partial charge in [0.05, 0.1) is 24.8 Å². The zero-order valence-corrected chi connectivity index (χ0v) is 22.8. The van der Waals surface area contributed by atoms with Crippen molar-refractivity contribution in [3.63, 3.8) is 0 Å². The van der Waals surface area contributed by atoms with Crippen molar-refractivity contribution in [3.05, 3.63) is 59.5 Å². The highest BCUT2D eigenvalue weighted by Crippen LogP contribution is 2.24. The summed E-state index contributed by atoms with van der Waals surface area (Å²) >= 11 is 0. The fraction of sp³-hybridized carbons (Fsp3) is 0.517. The Balaban J connectivity index is 1.32. The highest BCUT2D eigenvalue weighted by Gasteiger charge is 2.38. The van der Waals surface area contributed by atoms with E-state index in [1.807, 2.05) is 16.8 Å². The maximum atomic E-state index is 14.5. The molecule has 2 fully saturated rings. The summed E-state index contributed by atoms with van der Waals surface area (Å²) in [5.74, 6) is -0.676. The van der Waals surface area contributed by atoms with Crippen LogP contribution < -0.4 is 10.1 Å². The summed E-state index contributed by atoms with van der Waals surface area (Å²) in [6, 6.07) is 10.5. The molecular weight excluding hydrogens is 517 g/mol. The molecule has 0 unspecified atom stereocenters. The van der Waals surface area contributed by atoms with Crippen molar-refractivity contribution >= 4 is 17.7 Å². The number of aromatic nitrogens is 1. The molecule has 6 bridgehead atoms. The molecule has 2 atom stereocenters. The van der Waals surface area contributed by atoms with Crippen LogP contribution in [-0.4, -0.2) is 109 Å². The SMILES string of the molecule is CN1C[C@H]2C[C@H]1C(=O)N1CCC(CC1)CN(C(=O)c1ccccc1F)CCOCCOc1cccc(n1)C(=O)N2. The molecule has 11 heteroatoms. The Hall–Kier alpha value is -3.57. The molecule has 0 spiro atoms. The Morgan fingerprint density at radius 2 is 1.80 bits per heavy atom. The summed E-state index contributed by atoms with van der Waals surface area (Å²) in [5.41, 5.74) is 0.281. The molecule has 2 aromatic rings. The van der Waals surface area contributed by atoms with Gasteiger partial charge in [0.15, 0.2) is 0 Å². The van der Waals surface area contributed by atoms with Crippen molar-refractivity contribution in [2.75, 3.05) is 59.6 Å². The van der Waals surface area contributed by atoms with E-state index in [2.05, 4.69) is 10.3 Å². The second-order valence-corrected chi connectivity index (χ2v) is 10.7. The van der Waals surface area contributed by atoms with E-state index >= 15 is 0 Å². The van der Waals surface area contributed by atoms with E-state index in [0.717, 1.165) is 12.8 Å². The quantitative estimate of drug-likeness (QED) is 0.538. The monoisotopic (exact) mass is 553 g/mol. The van der Waals surface area contributed by atoms with Gasteiger partial charge in [-0.2, -0.15) is 0 Å². The smallest absolute Gasteiger partial charge is 0.270 e. The Kier molecular flexibility index (Phi) is 8.91. The first-order valence-electron chi connectivity index (χ1n) is 13.9. The lowest BCUT2D eigenvalue weighted by Gasteiger charge is -2.36. The number of pyridine rings is 1. The molecule has 40 heavy (non-hydrogen) atoms. The highest BCUT2D eigenvalue weighted by atomic mass is 19.1.